The van der Waals surface area contributed by atoms with Crippen LogP contribution in [0.25, 0.3) is 10.3 Å². The van der Waals surface area contributed by atoms with Crippen LogP contribution in [0.1, 0.15) is 28.9 Å². The highest BCUT2D eigenvalue weighted by Crippen LogP contribution is 2.59. The average molecular weight is 410 g/mol. The van der Waals surface area contributed by atoms with Crippen LogP contribution in [0, 0.1) is 11.3 Å². The zero-order valence-electron chi connectivity index (χ0n) is 15.1. The molecule has 146 valence electrons. The standard InChI is InChI=1S/C19H23N3O3S.ClH/c23-17(13-12-19(13)2-4-20-5-3-19)21-6-8-22(9-7-21)18(24)16-11-14-15(26-16)1-10-25-14;/h1,10-11,13,20H,2-9,12H2;1H. The molecule has 0 aromatic carbocycles. The Balaban J connectivity index is 0.00000180. The minimum atomic E-state index is 0. The molecule has 3 aliphatic rings. The largest absolute Gasteiger partial charge is 0.463 e. The minimum Gasteiger partial charge on any atom is -0.463 e. The summed E-state index contributed by atoms with van der Waals surface area (Å²) in [5, 5.41) is 3.39. The number of carbonyl (C=O) groups excluding carboxylic acids is 2. The van der Waals surface area contributed by atoms with Gasteiger partial charge in [-0.15, -0.1) is 23.7 Å². The minimum absolute atomic E-state index is 0. The van der Waals surface area contributed by atoms with E-state index >= 15 is 0 Å². The number of rotatable bonds is 2. The van der Waals surface area contributed by atoms with Crippen molar-refractivity contribution in [3.63, 3.8) is 0 Å². The normalized spacial score (nSPS) is 24.1. The van der Waals surface area contributed by atoms with Crippen LogP contribution in [0.3, 0.4) is 0 Å². The molecule has 5 rings (SSSR count). The number of piperazine rings is 1. The molecule has 4 heterocycles. The monoisotopic (exact) mass is 409 g/mol. The lowest BCUT2D eigenvalue weighted by Crippen LogP contribution is -2.51. The van der Waals surface area contributed by atoms with Crippen molar-refractivity contribution >= 4 is 45.8 Å². The molecule has 2 aromatic rings. The van der Waals surface area contributed by atoms with Crippen LogP contribution in [-0.4, -0.2) is 60.9 Å². The summed E-state index contributed by atoms with van der Waals surface area (Å²) in [4.78, 5) is 30.1. The van der Waals surface area contributed by atoms with Gasteiger partial charge in [-0.05, 0) is 43.8 Å². The van der Waals surface area contributed by atoms with E-state index in [1.807, 2.05) is 21.9 Å². The summed E-state index contributed by atoms with van der Waals surface area (Å²) in [7, 11) is 0. The van der Waals surface area contributed by atoms with Crippen molar-refractivity contribution in [2.45, 2.75) is 19.3 Å². The number of carbonyl (C=O) groups is 2. The molecule has 0 bridgehead atoms. The number of nitrogens with one attached hydrogen (secondary N) is 1. The van der Waals surface area contributed by atoms with E-state index in [2.05, 4.69) is 5.32 Å². The molecule has 8 heteroatoms. The maximum Gasteiger partial charge on any atom is 0.264 e. The van der Waals surface area contributed by atoms with Gasteiger partial charge in [0.25, 0.3) is 5.91 Å². The Morgan fingerprint density at radius 3 is 2.56 bits per heavy atom. The summed E-state index contributed by atoms with van der Waals surface area (Å²) in [6.45, 7) is 4.61. The van der Waals surface area contributed by atoms with Crippen molar-refractivity contribution in [1.82, 2.24) is 15.1 Å². The second-order valence-electron chi connectivity index (χ2n) is 7.75. The van der Waals surface area contributed by atoms with Gasteiger partial charge in [0.1, 0.15) is 5.58 Å². The van der Waals surface area contributed by atoms with Gasteiger partial charge in [0.2, 0.25) is 5.91 Å². The van der Waals surface area contributed by atoms with Crippen LogP contribution in [0.5, 0.6) is 0 Å². The summed E-state index contributed by atoms with van der Waals surface area (Å²) in [6, 6.07) is 3.71. The Labute approximate surface area is 168 Å². The zero-order chi connectivity index (χ0) is 17.7. The zero-order valence-corrected chi connectivity index (χ0v) is 16.7. The molecule has 2 saturated heterocycles. The second-order valence-corrected chi connectivity index (χ2v) is 8.83. The van der Waals surface area contributed by atoms with Gasteiger partial charge >= 0.3 is 0 Å². The topological polar surface area (TPSA) is 65.8 Å². The molecule has 2 aromatic heterocycles. The molecule has 1 aliphatic carbocycles. The van der Waals surface area contributed by atoms with Gasteiger partial charge in [-0.3, -0.25) is 9.59 Å². The number of piperidine rings is 1. The Morgan fingerprint density at radius 2 is 1.85 bits per heavy atom. The van der Waals surface area contributed by atoms with Gasteiger partial charge in [-0.2, -0.15) is 0 Å². The van der Waals surface area contributed by atoms with Crippen LogP contribution in [-0.2, 0) is 4.79 Å². The summed E-state index contributed by atoms with van der Waals surface area (Å²) < 4.78 is 6.36. The summed E-state index contributed by atoms with van der Waals surface area (Å²) in [5.41, 5.74) is 1.05. The molecule has 27 heavy (non-hydrogen) atoms. The lowest BCUT2D eigenvalue weighted by molar-refractivity contribution is -0.135. The third kappa shape index (κ3) is 3.26. The fourth-order valence-corrected chi connectivity index (χ4v) is 5.50. The molecular formula is C19H24ClN3O3S. The maximum atomic E-state index is 12.9. The number of hydrogen-bond donors (Lipinski definition) is 1. The predicted molar refractivity (Wildman–Crippen MR) is 106 cm³/mol. The van der Waals surface area contributed by atoms with Gasteiger partial charge < -0.3 is 19.5 Å². The highest BCUT2D eigenvalue weighted by Gasteiger charge is 2.58. The van der Waals surface area contributed by atoms with Gasteiger partial charge in [0.15, 0.2) is 0 Å². The predicted octanol–water partition coefficient (Wildman–Crippen LogP) is 2.59. The van der Waals surface area contributed by atoms with E-state index in [1.165, 1.54) is 11.3 Å². The van der Waals surface area contributed by atoms with Crippen LogP contribution in [0.4, 0.5) is 0 Å². The Morgan fingerprint density at radius 1 is 1.15 bits per heavy atom. The Hall–Kier alpha value is -1.57. The van der Waals surface area contributed by atoms with Crippen molar-refractivity contribution in [2.75, 3.05) is 39.3 Å². The maximum absolute atomic E-state index is 12.9. The van der Waals surface area contributed by atoms with E-state index in [1.54, 1.807) is 6.26 Å². The molecule has 1 atom stereocenters. The van der Waals surface area contributed by atoms with E-state index in [0.29, 0.717) is 32.1 Å². The van der Waals surface area contributed by atoms with E-state index in [0.717, 1.165) is 47.5 Å². The lowest BCUT2D eigenvalue weighted by Gasteiger charge is -2.35. The number of furan rings is 1. The summed E-state index contributed by atoms with van der Waals surface area (Å²) in [6.07, 6.45) is 4.95. The fraction of sp³-hybridized carbons (Fsp3) is 0.579. The van der Waals surface area contributed by atoms with Crippen LogP contribution < -0.4 is 5.32 Å². The SMILES string of the molecule is Cl.O=C(c1cc2occc2s1)N1CCN(C(=O)C2CC23CCNCC3)CC1. The van der Waals surface area contributed by atoms with Gasteiger partial charge in [-0.25, -0.2) is 0 Å². The molecule has 3 fully saturated rings. The van der Waals surface area contributed by atoms with Crippen molar-refractivity contribution in [2.24, 2.45) is 11.3 Å². The van der Waals surface area contributed by atoms with Crippen molar-refractivity contribution in [3.8, 4) is 0 Å². The van der Waals surface area contributed by atoms with Crippen molar-refractivity contribution < 1.29 is 14.0 Å². The molecule has 0 radical (unpaired) electrons. The Kier molecular flexibility index (Phi) is 4.94. The third-order valence-electron chi connectivity index (χ3n) is 6.32. The third-order valence-corrected chi connectivity index (χ3v) is 7.39. The van der Waals surface area contributed by atoms with E-state index in [4.69, 9.17) is 4.42 Å². The second kappa shape index (κ2) is 7.11. The lowest BCUT2D eigenvalue weighted by atomic mass is 9.91. The number of amides is 2. The molecule has 1 N–H and O–H groups in total. The van der Waals surface area contributed by atoms with Gasteiger partial charge in [-0.1, -0.05) is 0 Å². The molecule has 2 amide bonds. The van der Waals surface area contributed by atoms with Gasteiger partial charge in [0.05, 0.1) is 15.8 Å². The Bertz CT molecular complexity index is 821. The van der Waals surface area contributed by atoms with E-state index < -0.39 is 0 Å². The highest BCUT2D eigenvalue weighted by molar-refractivity contribution is 7.20. The molecular weight excluding hydrogens is 386 g/mol. The number of hydrogen-bond acceptors (Lipinski definition) is 5. The van der Waals surface area contributed by atoms with Crippen LogP contribution in [0.15, 0.2) is 22.8 Å². The first-order valence-corrected chi connectivity index (χ1v) is 10.2. The average Bonchev–Trinajstić information content (AvgIpc) is 3.00. The quantitative estimate of drug-likeness (QED) is 0.827. The smallest absolute Gasteiger partial charge is 0.264 e. The number of fused-ring (bicyclic) bond motifs is 1. The molecule has 1 spiro atoms. The summed E-state index contributed by atoms with van der Waals surface area (Å²) >= 11 is 1.47. The molecule has 1 saturated carbocycles. The fourth-order valence-electron chi connectivity index (χ4n) is 4.55. The van der Waals surface area contributed by atoms with Crippen LogP contribution in [0.2, 0.25) is 0 Å². The molecule has 1 unspecified atom stereocenters. The van der Waals surface area contributed by atoms with E-state index in [-0.39, 0.29) is 29.6 Å². The number of thiophene rings is 1. The van der Waals surface area contributed by atoms with E-state index in [9.17, 15) is 9.59 Å². The van der Waals surface area contributed by atoms with Gasteiger partial charge in [0, 0.05) is 38.2 Å². The van der Waals surface area contributed by atoms with Crippen LogP contribution >= 0.6 is 23.7 Å². The molecule has 6 nitrogen and oxygen atoms in total. The van der Waals surface area contributed by atoms with Crippen molar-refractivity contribution in [1.29, 1.82) is 0 Å². The highest BCUT2D eigenvalue weighted by atomic mass is 35.5. The molecule has 2 aliphatic heterocycles. The number of nitrogens with zero attached hydrogens (tertiary/aromatic N) is 2. The summed E-state index contributed by atoms with van der Waals surface area (Å²) in [5.74, 6) is 0.582. The van der Waals surface area contributed by atoms with Crippen molar-refractivity contribution in [3.05, 3.63) is 23.3 Å². The first kappa shape index (κ1) is 18.8. The first-order chi connectivity index (χ1) is 12.7. The first-order valence-electron chi connectivity index (χ1n) is 9.42. The number of halogens is 1.